The Labute approximate surface area is 119 Å². The van der Waals surface area contributed by atoms with Gasteiger partial charge < -0.3 is 16.3 Å². The minimum Gasteiger partial charge on any atom is -0.409 e. The van der Waals surface area contributed by atoms with Crippen LogP contribution >= 0.6 is 0 Å². The molecule has 0 saturated carbocycles. The van der Waals surface area contributed by atoms with Crippen LogP contribution in [-0.4, -0.2) is 37.8 Å². The summed E-state index contributed by atoms with van der Waals surface area (Å²) in [6.45, 7) is 4.47. The molecule has 0 aliphatic carbocycles. The molecule has 20 heavy (non-hydrogen) atoms. The van der Waals surface area contributed by atoms with Crippen LogP contribution in [0.2, 0.25) is 0 Å². The summed E-state index contributed by atoms with van der Waals surface area (Å²) in [7, 11) is -3.32. The third-order valence-electron chi connectivity index (χ3n) is 3.09. The average molecular weight is 299 g/mol. The summed E-state index contributed by atoms with van der Waals surface area (Å²) in [5.41, 5.74) is 5.90. The fourth-order valence-corrected chi connectivity index (χ4v) is 2.77. The Morgan fingerprint density at radius 3 is 2.50 bits per heavy atom. The third-order valence-corrected chi connectivity index (χ3v) is 4.82. The molecule has 0 heterocycles. The molecule has 0 bridgehead atoms. The zero-order valence-electron chi connectivity index (χ0n) is 11.7. The molecule has 6 nitrogen and oxygen atoms in total. The zero-order chi connectivity index (χ0) is 15.2. The summed E-state index contributed by atoms with van der Waals surface area (Å²) in [5.74, 6) is -0.00679. The summed E-state index contributed by atoms with van der Waals surface area (Å²) < 4.78 is 24.2. The summed E-state index contributed by atoms with van der Waals surface area (Å²) in [6, 6.07) is 6.26. The first-order chi connectivity index (χ1) is 9.40. The van der Waals surface area contributed by atoms with Crippen molar-refractivity contribution < 1.29 is 13.6 Å². The Balaban J connectivity index is 2.73. The topological polar surface area (TPSA) is 105 Å². The Hall–Kier alpha value is -1.60. The fourth-order valence-electron chi connectivity index (χ4n) is 1.59. The average Bonchev–Trinajstić information content (AvgIpc) is 2.46. The smallest absolute Gasteiger partial charge is 0.179 e. The van der Waals surface area contributed by atoms with Crippen LogP contribution in [0.4, 0.5) is 0 Å². The number of nitrogens with one attached hydrogen (secondary N) is 1. The monoisotopic (exact) mass is 299 g/mol. The van der Waals surface area contributed by atoms with Crippen LogP contribution in [0.25, 0.3) is 0 Å². The first-order valence-corrected chi connectivity index (χ1v) is 8.10. The first kappa shape index (κ1) is 16.5. The van der Waals surface area contributed by atoms with E-state index in [4.69, 9.17) is 10.9 Å². The molecule has 7 heteroatoms. The SMILES string of the molecule is CCC(C)NCCS(=O)(=O)c1ccc(/C(N)=N/O)cc1. The van der Waals surface area contributed by atoms with Crippen LogP contribution in [0.15, 0.2) is 34.3 Å². The molecule has 0 aliphatic rings. The Morgan fingerprint density at radius 2 is 2.00 bits per heavy atom. The van der Waals surface area contributed by atoms with Crippen LogP contribution in [-0.2, 0) is 9.84 Å². The lowest BCUT2D eigenvalue weighted by Gasteiger charge is -2.11. The van der Waals surface area contributed by atoms with Crippen molar-refractivity contribution in [2.45, 2.75) is 31.2 Å². The van der Waals surface area contributed by atoms with E-state index in [0.717, 1.165) is 6.42 Å². The van der Waals surface area contributed by atoms with Crippen molar-refractivity contribution in [3.8, 4) is 0 Å². The van der Waals surface area contributed by atoms with Gasteiger partial charge in [0.2, 0.25) is 0 Å². The fraction of sp³-hybridized carbons (Fsp3) is 0.462. The van der Waals surface area contributed by atoms with Crippen LogP contribution in [0.3, 0.4) is 0 Å². The minimum absolute atomic E-state index is 0.0419. The van der Waals surface area contributed by atoms with Gasteiger partial charge in [-0.15, -0.1) is 0 Å². The highest BCUT2D eigenvalue weighted by atomic mass is 32.2. The van der Waals surface area contributed by atoms with E-state index in [9.17, 15) is 8.42 Å². The van der Waals surface area contributed by atoms with E-state index < -0.39 is 9.84 Å². The Bertz CT molecular complexity index is 553. The maximum Gasteiger partial charge on any atom is 0.179 e. The lowest BCUT2D eigenvalue weighted by molar-refractivity contribution is 0.318. The Kier molecular flexibility index (Phi) is 5.97. The summed E-state index contributed by atoms with van der Waals surface area (Å²) in [5, 5.41) is 14.6. The quantitative estimate of drug-likeness (QED) is 0.301. The van der Waals surface area contributed by atoms with Crippen molar-refractivity contribution in [3.05, 3.63) is 29.8 Å². The van der Waals surface area contributed by atoms with Crippen LogP contribution < -0.4 is 11.1 Å². The molecule has 112 valence electrons. The van der Waals surface area contributed by atoms with Crippen molar-refractivity contribution in [1.29, 1.82) is 0 Å². The second-order valence-electron chi connectivity index (χ2n) is 4.59. The van der Waals surface area contributed by atoms with Gasteiger partial charge >= 0.3 is 0 Å². The van der Waals surface area contributed by atoms with Gasteiger partial charge in [-0.3, -0.25) is 0 Å². The molecule has 0 radical (unpaired) electrons. The van der Waals surface area contributed by atoms with Crippen molar-refractivity contribution in [3.63, 3.8) is 0 Å². The maximum atomic E-state index is 12.1. The van der Waals surface area contributed by atoms with Gasteiger partial charge in [-0.05, 0) is 37.6 Å². The van der Waals surface area contributed by atoms with Crippen LogP contribution in [0.5, 0.6) is 0 Å². The lowest BCUT2D eigenvalue weighted by Crippen LogP contribution is -2.30. The molecule has 0 spiro atoms. The molecule has 1 aromatic rings. The zero-order valence-corrected chi connectivity index (χ0v) is 12.5. The van der Waals surface area contributed by atoms with Crippen molar-refractivity contribution >= 4 is 15.7 Å². The van der Waals surface area contributed by atoms with Gasteiger partial charge in [0.15, 0.2) is 15.7 Å². The van der Waals surface area contributed by atoms with Gasteiger partial charge in [0.05, 0.1) is 10.6 Å². The number of hydrogen-bond donors (Lipinski definition) is 3. The largest absolute Gasteiger partial charge is 0.409 e. The van der Waals surface area contributed by atoms with E-state index in [2.05, 4.69) is 10.5 Å². The first-order valence-electron chi connectivity index (χ1n) is 6.44. The van der Waals surface area contributed by atoms with Crippen molar-refractivity contribution in [2.24, 2.45) is 10.9 Å². The van der Waals surface area contributed by atoms with Crippen LogP contribution in [0, 0.1) is 0 Å². The van der Waals surface area contributed by atoms with Crippen LogP contribution in [0.1, 0.15) is 25.8 Å². The van der Waals surface area contributed by atoms with Crippen molar-refractivity contribution in [1.82, 2.24) is 5.32 Å². The molecule has 1 atom stereocenters. The van der Waals surface area contributed by atoms with E-state index >= 15 is 0 Å². The molecule has 1 aromatic carbocycles. The number of amidine groups is 1. The Morgan fingerprint density at radius 1 is 1.40 bits per heavy atom. The van der Waals surface area contributed by atoms with Gasteiger partial charge in [0.1, 0.15) is 0 Å². The molecule has 1 rings (SSSR count). The number of sulfone groups is 1. The second kappa shape index (κ2) is 7.25. The third kappa shape index (κ3) is 4.50. The highest BCUT2D eigenvalue weighted by Gasteiger charge is 2.14. The maximum absolute atomic E-state index is 12.1. The normalized spacial score (nSPS) is 14.2. The van der Waals surface area contributed by atoms with E-state index in [0.29, 0.717) is 18.2 Å². The van der Waals surface area contributed by atoms with E-state index in [-0.39, 0.29) is 16.5 Å². The lowest BCUT2D eigenvalue weighted by atomic mass is 10.2. The van der Waals surface area contributed by atoms with E-state index in [1.54, 1.807) is 0 Å². The molecule has 4 N–H and O–H groups in total. The van der Waals surface area contributed by atoms with Gasteiger partial charge in [0.25, 0.3) is 0 Å². The number of benzene rings is 1. The molecular formula is C13H21N3O3S. The summed E-state index contributed by atoms with van der Waals surface area (Å²) in [4.78, 5) is 0.234. The molecule has 0 saturated heterocycles. The molecule has 0 amide bonds. The predicted molar refractivity (Wildman–Crippen MR) is 78.8 cm³/mol. The van der Waals surface area contributed by atoms with Gasteiger partial charge in [-0.1, -0.05) is 12.1 Å². The van der Waals surface area contributed by atoms with Gasteiger partial charge in [-0.2, -0.15) is 0 Å². The molecular weight excluding hydrogens is 278 g/mol. The highest BCUT2D eigenvalue weighted by molar-refractivity contribution is 7.91. The standard InChI is InChI=1S/C13H21N3O3S/c1-3-10(2)15-8-9-20(18,19)12-6-4-11(5-7-12)13(14)16-17/h4-7,10,15,17H,3,8-9H2,1-2H3,(H2,14,16). The summed E-state index contributed by atoms with van der Waals surface area (Å²) in [6.07, 6.45) is 0.953. The van der Waals surface area contributed by atoms with Crippen molar-refractivity contribution in [2.75, 3.05) is 12.3 Å². The van der Waals surface area contributed by atoms with Gasteiger partial charge in [-0.25, -0.2) is 8.42 Å². The summed E-state index contributed by atoms with van der Waals surface area (Å²) >= 11 is 0. The highest BCUT2D eigenvalue weighted by Crippen LogP contribution is 2.12. The number of nitrogens with zero attached hydrogens (tertiary/aromatic N) is 1. The van der Waals surface area contributed by atoms with E-state index in [1.807, 2.05) is 13.8 Å². The number of oxime groups is 1. The molecule has 0 aliphatic heterocycles. The number of hydrogen-bond acceptors (Lipinski definition) is 5. The predicted octanol–water partition coefficient (Wildman–Crippen LogP) is 0.943. The molecule has 0 fully saturated rings. The second-order valence-corrected chi connectivity index (χ2v) is 6.70. The molecule has 0 aromatic heterocycles. The molecule has 1 unspecified atom stereocenters. The minimum atomic E-state index is -3.32. The number of nitrogens with two attached hydrogens (primary N) is 1. The van der Waals surface area contributed by atoms with E-state index in [1.165, 1.54) is 24.3 Å². The number of rotatable bonds is 7. The van der Waals surface area contributed by atoms with Gasteiger partial charge in [0, 0.05) is 18.2 Å².